The van der Waals surface area contributed by atoms with Gasteiger partial charge in [0.15, 0.2) is 0 Å². The average Bonchev–Trinajstić information content (AvgIpc) is 2.45. The van der Waals surface area contributed by atoms with E-state index in [9.17, 15) is 9.59 Å². The van der Waals surface area contributed by atoms with Crippen molar-refractivity contribution >= 4 is 39.1 Å². The number of fused-ring (bicyclic) bond motifs is 1. The predicted molar refractivity (Wildman–Crippen MR) is 56.3 cm³/mol. The zero-order valence-electron chi connectivity index (χ0n) is 6.93. The second-order valence-corrected chi connectivity index (χ2v) is 3.57. The van der Waals surface area contributed by atoms with Gasteiger partial charge in [-0.3, -0.25) is 4.79 Å². The normalized spacial score (nSPS) is 10.4. The average molecular weight is 256 g/mol. The molecule has 6 heteroatoms. The Morgan fingerprint density at radius 3 is 2.57 bits per heavy atom. The van der Waals surface area contributed by atoms with E-state index in [0.717, 1.165) is 0 Å². The zero-order chi connectivity index (χ0) is 10.1. The molecule has 1 amide bonds. The summed E-state index contributed by atoms with van der Waals surface area (Å²) in [4.78, 5) is 26.4. The number of rotatable bonds is 2. The summed E-state index contributed by atoms with van der Waals surface area (Å²) in [5.41, 5.74) is 1.69. The Kier molecular flexibility index (Phi) is 2.12. The molecule has 2 aromatic rings. The SMILES string of the molecule is O=CNc1cc2[nH]c(=O)[nH]c2cc1Br. The number of halogens is 1. The highest BCUT2D eigenvalue weighted by atomic mass is 79.9. The van der Waals surface area contributed by atoms with Crippen molar-refractivity contribution in [1.29, 1.82) is 0 Å². The molecule has 3 N–H and O–H groups in total. The van der Waals surface area contributed by atoms with Gasteiger partial charge in [0, 0.05) is 4.47 Å². The minimum Gasteiger partial charge on any atom is -0.328 e. The standard InChI is InChI=1S/C8H6BrN3O2/c9-4-1-6-7(12-8(14)11-6)2-5(4)10-3-13/h1-3H,(H,10,13)(H2,11,12,14). The van der Waals surface area contributed by atoms with Crippen LogP contribution in [0.3, 0.4) is 0 Å². The van der Waals surface area contributed by atoms with E-state index in [1.54, 1.807) is 12.1 Å². The van der Waals surface area contributed by atoms with Crippen molar-refractivity contribution in [3.63, 3.8) is 0 Å². The summed E-state index contributed by atoms with van der Waals surface area (Å²) in [6.45, 7) is 0. The molecule has 0 radical (unpaired) electrons. The van der Waals surface area contributed by atoms with Gasteiger partial charge < -0.3 is 15.3 Å². The van der Waals surface area contributed by atoms with Gasteiger partial charge in [-0.2, -0.15) is 0 Å². The number of amides is 1. The molecule has 0 fully saturated rings. The van der Waals surface area contributed by atoms with E-state index < -0.39 is 0 Å². The van der Waals surface area contributed by atoms with Crippen LogP contribution in [0.1, 0.15) is 0 Å². The fourth-order valence-corrected chi connectivity index (χ4v) is 1.69. The number of anilines is 1. The summed E-state index contributed by atoms with van der Waals surface area (Å²) in [6.07, 6.45) is 0.580. The van der Waals surface area contributed by atoms with Crippen molar-refractivity contribution in [3.05, 3.63) is 27.1 Å². The first kappa shape index (κ1) is 9.01. The first-order valence-electron chi connectivity index (χ1n) is 3.82. The van der Waals surface area contributed by atoms with Gasteiger partial charge in [0.25, 0.3) is 0 Å². The topological polar surface area (TPSA) is 77.8 Å². The number of H-pyrrole nitrogens is 2. The Hall–Kier alpha value is -1.56. The first-order valence-corrected chi connectivity index (χ1v) is 4.62. The lowest BCUT2D eigenvalue weighted by Crippen LogP contribution is -1.99. The number of hydrogen-bond donors (Lipinski definition) is 3. The number of benzene rings is 1. The van der Waals surface area contributed by atoms with Crippen LogP contribution < -0.4 is 11.0 Å². The van der Waals surface area contributed by atoms with Gasteiger partial charge in [0.05, 0.1) is 16.7 Å². The Morgan fingerprint density at radius 1 is 1.29 bits per heavy atom. The summed E-state index contributed by atoms with van der Waals surface area (Å²) in [6, 6.07) is 3.39. The van der Waals surface area contributed by atoms with Gasteiger partial charge in [-0.25, -0.2) is 4.79 Å². The van der Waals surface area contributed by atoms with Crippen LogP contribution in [-0.4, -0.2) is 16.4 Å². The van der Waals surface area contributed by atoms with Crippen LogP contribution >= 0.6 is 15.9 Å². The number of carbonyl (C=O) groups is 1. The molecule has 0 spiro atoms. The highest BCUT2D eigenvalue weighted by Gasteiger charge is 2.04. The molecule has 0 saturated heterocycles. The van der Waals surface area contributed by atoms with Crippen LogP contribution in [0.15, 0.2) is 21.4 Å². The number of hydrogen-bond acceptors (Lipinski definition) is 2. The molecule has 5 nitrogen and oxygen atoms in total. The summed E-state index contributed by atoms with van der Waals surface area (Å²) in [5.74, 6) is 0. The third-order valence-corrected chi connectivity index (χ3v) is 2.47. The third-order valence-electron chi connectivity index (χ3n) is 1.82. The van der Waals surface area contributed by atoms with Gasteiger partial charge in [-0.15, -0.1) is 0 Å². The molecule has 1 aromatic carbocycles. The van der Waals surface area contributed by atoms with E-state index in [0.29, 0.717) is 27.6 Å². The van der Waals surface area contributed by atoms with Crippen molar-refractivity contribution < 1.29 is 4.79 Å². The minimum atomic E-state index is -0.268. The van der Waals surface area contributed by atoms with Crippen molar-refractivity contribution in [2.75, 3.05) is 5.32 Å². The number of imidazole rings is 1. The molecule has 72 valence electrons. The van der Waals surface area contributed by atoms with Crippen LogP contribution in [0.4, 0.5) is 5.69 Å². The molecule has 1 heterocycles. The lowest BCUT2D eigenvalue weighted by Gasteiger charge is -2.01. The molecule has 1 aromatic heterocycles. The van der Waals surface area contributed by atoms with Crippen molar-refractivity contribution in [2.45, 2.75) is 0 Å². The number of carbonyl (C=O) groups excluding carboxylic acids is 1. The Balaban J connectivity index is 2.69. The first-order chi connectivity index (χ1) is 6.70. The van der Waals surface area contributed by atoms with E-state index in [-0.39, 0.29) is 5.69 Å². The molecule has 0 aliphatic carbocycles. The summed E-state index contributed by atoms with van der Waals surface area (Å²) in [5, 5.41) is 2.51. The van der Waals surface area contributed by atoms with Crippen molar-refractivity contribution in [3.8, 4) is 0 Å². The van der Waals surface area contributed by atoms with Crippen molar-refractivity contribution in [2.24, 2.45) is 0 Å². The van der Waals surface area contributed by atoms with Crippen LogP contribution in [0.2, 0.25) is 0 Å². The second kappa shape index (κ2) is 3.30. The van der Waals surface area contributed by atoms with Gasteiger partial charge >= 0.3 is 5.69 Å². The summed E-state index contributed by atoms with van der Waals surface area (Å²) < 4.78 is 0.715. The van der Waals surface area contributed by atoms with Crippen molar-refractivity contribution in [1.82, 2.24) is 9.97 Å². The largest absolute Gasteiger partial charge is 0.328 e. The zero-order valence-corrected chi connectivity index (χ0v) is 8.51. The van der Waals surface area contributed by atoms with Crippen LogP contribution in [0, 0.1) is 0 Å². The van der Waals surface area contributed by atoms with Gasteiger partial charge in [-0.05, 0) is 28.1 Å². The highest BCUT2D eigenvalue weighted by molar-refractivity contribution is 9.10. The summed E-state index contributed by atoms with van der Waals surface area (Å²) >= 11 is 3.27. The molecule has 0 saturated carbocycles. The fourth-order valence-electron chi connectivity index (χ4n) is 1.23. The van der Waals surface area contributed by atoms with E-state index >= 15 is 0 Å². The molecule has 0 aliphatic heterocycles. The van der Waals surface area contributed by atoms with Gasteiger partial charge in [0.1, 0.15) is 0 Å². The fraction of sp³-hybridized carbons (Fsp3) is 0. The second-order valence-electron chi connectivity index (χ2n) is 2.72. The molecule has 0 unspecified atom stereocenters. The molecule has 0 bridgehead atoms. The smallest absolute Gasteiger partial charge is 0.323 e. The third kappa shape index (κ3) is 1.44. The number of nitrogens with one attached hydrogen (secondary N) is 3. The Bertz CT molecular complexity index is 543. The molecule has 14 heavy (non-hydrogen) atoms. The van der Waals surface area contributed by atoms with Crippen LogP contribution in [0.25, 0.3) is 11.0 Å². The molecular weight excluding hydrogens is 250 g/mol. The lowest BCUT2D eigenvalue weighted by molar-refractivity contribution is -0.105. The maximum Gasteiger partial charge on any atom is 0.323 e. The maximum atomic E-state index is 11.0. The summed E-state index contributed by atoms with van der Waals surface area (Å²) in [7, 11) is 0. The highest BCUT2D eigenvalue weighted by Crippen LogP contribution is 2.25. The van der Waals surface area contributed by atoms with Gasteiger partial charge in [0.2, 0.25) is 6.41 Å². The van der Waals surface area contributed by atoms with E-state index in [4.69, 9.17) is 0 Å². The molecule has 0 aliphatic rings. The van der Waals surface area contributed by atoms with E-state index in [2.05, 4.69) is 31.2 Å². The lowest BCUT2D eigenvalue weighted by atomic mass is 10.3. The maximum absolute atomic E-state index is 11.0. The number of aromatic nitrogens is 2. The predicted octanol–water partition coefficient (Wildman–Crippen LogP) is 1.19. The van der Waals surface area contributed by atoms with E-state index in [1.807, 2.05) is 0 Å². The Morgan fingerprint density at radius 2 is 1.93 bits per heavy atom. The Labute approximate surface area is 86.6 Å². The van der Waals surface area contributed by atoms with Crippen LogP contribution in [0.5, 0.6) is 0 Å². The molecular formula is C8H6BrN3O2. The quantitative estimate of drug-likeness (QED) is 0.705. The number of aromatic amines is 2. The molecule has 0 atom stereocenters. The van der Waals surface area contributed by atoms with Crippen LogP contribution in [-0.2, 0) is 4.79 Å². The van der Waals surface area contributed by atoms with Gasteiger partial charge in [-0.1, -0.05) is 0 Å². The monoisotopic (exact) mass is 255 g/mol. The van der Waals surface area contributed by atoms with E-state index in [1.165, 1.54) is 0 Å². The molecule has 2 rings (SSSR count). The minimum absolute atomic E-state index is 0.268.